The van der Waals surface area contributed by atoms with Crippen LogP contribution in [0.25, 0.3) is 12.2 Å². The summed E-state index contributed by atoms with van der Waals surface area (Å²) in [4.78, 5) is 12.0. The summed E-state index contributed by atoms with van der Waals surface area (Å²) in [5, 5.41) is 0. The van der Waals surface area contributed by atoms with Crippen molar-refractivity contribution in [3.63, 3.8) is 0 Å². The van der Waals surface area contributed by atoms with Gasteiger partial charge in [0.25, 0.3) is 0 Å². The maximum absolute atomic E-state index is 12.0. The summed E-state index contributed by atoms with van der Waals surface area (Å²) in [6, 6.07) is 3.86. The van der Waals surface area contributed by atoms with Crippen molar-refractivity contribution in [2.75, 3.05) is 0 Å². The Hall–Kier alpha value is -1.89. The molecule has 1 nitrogen and oxygen atoms in total. The molecule has 0 spiro atoms. The fraction of sp³-hybridized carbons (Fsp3) is 0.133. The topological polar surface area (TPSA) is 17.1 Å². The van der Waals surface area contributed by atoms with Crippen molar-refractivity contribution in [1.29, 1.82) is 0 Å². The second-order valence-electron chi connectivity index (χ2n) is 3.78. The standard InChI is InChI=1S/C15H16O/c1-6-12-9-8-11(5)14(13(12)7-2)15(16)10(3)4/h6-9H,1-3H2,4-5H3. The number of allylic oxidation sites excluding steroid dienone is 1. The summed E-state index contributed by atoms with van der Waals surface area (Å²) in [6.45, 7) is 14.8. The molecule has 1 rings (SSSR count). The Balaban J connectivity index is 3.58. The molecule has 0 atom stereocenters. The van der Waals surface area contributed by atoms with Crippen LogP contribution in [-0.4, -0.2) is 5.78 Å². The predicted molar refractivity (Wildman–Crippen MR) is 70.5 cm³/mol. The first kappa shape index (κ1) is 12.2. The van der Waals surface area contributed by atoms with E-state index in [2.05, 4.69) is 19.7 Å². The zero-order chi connectivity index (χ0) is 12.3. The zero-order valence-corrected chi connectivity index (χ0v) is 9.84. The highest BCUT2D eigenvalue weighted by molar-refractivity contribution is 6.11. The van der Waals surface area contributed by atoms with E-state index in [4.69, 9.17) is 0 Å². The molecule has 82 valence electrons. The molecule has 0 fully saturated rings. The highest BCUT2D eigenvalue weighted by Crippen LogP contribution is 2.23. The average molecular weight is 212 g/mol. The normalized spacial score (nSPS) is 9.62. The highest BCUT2D eigenvalue weighted by Gasteiger charge is 2.15. The molecule has 1 heteroatoms. The van der Waals surface area contributed by atoms with E-state index in [0.29, 0.717) is 11.1 Å². The minimum Gasteiger partial charge on any atom is -0.289 e. The molecule has 16 heavy (non-hydrogen) atoms. The second-order valence-corrected chi connectivity index (χ2v) is 3.78. The molecule has 0 unspecified atom stereocenters. The molecule has 0 heterocycles. The van der Waals surface area contributed by atoms with Crippen LogP contribution in [0.3, 0.4) is 0 Å². The van der Waals surface area contributed by atoms with Crippen LogP contribution < -0.4 is 0 Å². The van der Waals surface area contributed by atoms with Gasteiger partial charge >= 0.3 is 0 Å². The van der Waals surface area contributed by atoms with Gasteiger partial charge in [0.15, 0.2) is 5.78 Å². The van der Waals surface area contributed by atoms with Crippen molar-refractivity contribution in [3.05, 3.63) is 59.7 Å². The highest BCUT2D eigenvalue weighted by atomic mass is 16.1. The van der Waals surface area contributed by atoms with E-state index in [9.17, 15) is 4.79 Å². The van der Waals surface area contributed by atoms with E-state index in [1.807, 2.05) is 19.1 Å². The van der Waals surface area contributed by atoms with Crippen molar-refractivity contribution in [1.82, 2.24) is 0 Å². The first-order valence-corrected chi connectivity index (χ1v) is 5.11. The predicted octanol–water partition coefficient (Wildman–Crippen LogP) is 4.04. The first-order valence-electron chi connectivity index (χ1n) is 5.11. The Bertz CT molecular complexity index is 478. The number of ketones is 1. The van der Waals surface area contributed by atoms with Gasteiger partial charge in [-0.2, -0.15) is 0 Å². The fourth-order valence-electron chi connectivity index (χ4n) is 1.66. The number of rotatable bonds is 4. The molecule has 0 amide bonds. The van der Waals surface area contributed by atoms with Crippen molar-refractivity contribution >= 4 is 17.9 Å². The quantitative estimate of drug-likeness (QED) is 0.543. The third-order valence-electron chi connectivity index (χ3n) is 2.53. The first-order chi connectivity index (χ1) is 7.52. The van der Waals surface area contributed by atoms with Crippen LogP contribution in [0.4, 0.5) is 0 Å². The molecule has 0 aliphatic carbocycles. The molecule has 0 aliphatic heterocycles. The van der Waals surface area contributed by atoms with E-state index in [-0.39, 0.29) is 5.78 Å². The van der Waals surface area contributed by atoms with Crippen molar-refractivity contribution in [3.8, 4) is 0 Å². The summed E-state index contributed by atoms with van der Waals surface area (Å²) >= 11 is 0. The maximum atomic E-state index is 12.0. The van der Waals surface area contributed by atoms with Gasteiger partial charge < -0.3 is 0 Å². The minimum absolute atomic E-state index is 0.0314. The Kier molecular flexibility index (Phi) is 3.62. The summed E-state index contributed by atoms with van der Waals surface area (Å²) in [5.41, 5.74) is 3.91. The van der Waals surface area contributed by atoms with E-state index < -0.39 is 0 Å². The summed E-state index contributed by atoms with van der Waals surface area (Å²) in [5.74, 6) is -0.0314. The van der Waals surface area contributed by atoms with Crippen LogP contribution in [-0.2, 0) is 0 Å². The third kappa shape index (κ3) is 2.03. The Morgan fingerprint density at radius 1 is 1.25 bits per heavy atom. The Morgan fingerprint density at radius 3 is 2.31 bits per heavy atom. The van der Waals surface area contributed by atoms with Gasteiger partial charge in [-0.25, -0.2) is 0 Å². The smallest absolute Gasteiger partial charge is 0.189 e. The van der Waals surface area contributed by atoms with Gasteiger partial charge in [0, 0.05) is 5.56 Å². The van der Waals surface area contributed by atoms with Gasteiger partial charge in [0.1, 0.15) is 0 Å². The molecular formula is C15H16O. The summed E-state index contributed by atoms with van der Waals surface area (Å²) in [7, 11) is 0. The number of benzene rings is 1. The largest absolute Gasteiger partial charge is 0.289 e. The number of hydrogen-bond acceptors (Lipinski definition) is 1. The molecule has 0 radical (unpaired) electrons. The lowest BCUT2D eigenvalue weighted by Gasteiger charge is -2.11. The van der Waals surface area contributed by atoms with E-state index in [0.717, 1.165) is 16.7 Å². The Morgan fingerprint density at radius 2 is 1.88 bits per heavy atom. The van der Waals surface area contributed by atoms with Crippen molar-refractivity contribution in [2.24, 2.45) is 0 Å². The second kappa shape index (κ2) is 4.75. The van der Waals surface area contributed by atoms with Crippen LogP contribution in [0.2, 0.25) is 0 Å². The third-order valence-corrected chi connectivity index (χ3v) is 2.53. The van der Waals surface area contributed by atoms with Crippen LogP contribution in [0.15, 0.2) is 37.4 Å². The molecule has 0 aromatic heterocycles. The van der Waals surface area contributed by atoms with Crippen LogP contribution >= 0.6 is 0 Å². The lowest BCUT2D eigenvalue weighted by molar-refractivity contribution is 0.103. The average Bonchev–Trinajstić information content (AvgIpc) is 2.27. The van der Waals surface area contributed by atoms with E-state index in [1.165, 1.54) is 0 Å². The van der Waals surface area contributed by atoms with Crippen LogP contribution in [0.1, 0.15) is 34.0 Å². The van der Waals surface area contributed by atoms with Crippen molar-refractivity contribution < 1.29 is 4.79 Å². The van der Waals surface area contributed by atoms with Gasteiger partial charge in [-0.3, -0.25) is 4.79 Å². The molecular weight excluding hydrogens is 196 g/mol. The van der Waals surface area contributed by atoms with E-state index >= 15 is 0 Å². The molecule has 1 aromatic carbocycles. The number of hydrogen-bond donors (Lipinski definition) is 0. The lowest BCUT2D eigenvalue weighted by atomic mass is 9.91. The van der Waals surface area contributed by atoms with Gasteiger partial charge in [-0.05, 0) is 36.1 Å². The molecule has 0 saturated carbocycles. The maximum Gasteiger partial charge on any atom is 0.189 e. The lowest BCUT2D eigenvalue weighted by Crippen LogP contribution is -2.06. The summed E-state index contributed by atoms with van der Waals surface area (Å²) in [6.07, 6.45) is 3.42. The number of carbonyl (C=O) groups is 1. The number of Topliss-reactive ketones (excluding diaryl/α,β-unsaturated/α-hetero) is 1. The fourth-order valence-corrected chi connectivity index (χ4v) is 1.66. The van der Waals surface area contributed by atoms with Gasteiger partial charge in [-0.1, -0.05) is 44.0 Å². The molecule has 0 saturated heterocycles. The SMILES string of the molecule is C=Cc1ccc(C)c(C(=O)C(=C)C)c1C=C. The number of carbonyl (C=O) groups excluding carboxylic acids is 1. The number of aryl methyl sites for hydroxylation is 1. The van der Waals surface area contributed by atoms with Crippen LogP contribution in [0.5, 0.6) is 0 Å². The zero-order valence-electron chi connectivity index (χ0n) is 9.84. The van der Waals surface area contributed by atoms with Gasteiger partial charge in [0.2, 0.25) is 0 Å². The molecule has 1 aromatic rings. The van der Waals surface area contributed by atoms with Crippen LogP contribution in [0, 0.1) is 6.92 Å². The molecule has 0 N–H and O–H groups in total. The molecule has 0 bridgehead atoms. The van der Waals surface area contributed by atoms with Gasteiger partial charge in [0.05, 0.1) is 0 Å². The monoisotopic (exact) mass is 212 g/mol. The summed E-state index contributed by atoms with van der Waals surface area (Å²) < 4.78 is 0. The van der Waals surface area contributed by atoms with E-state index in [1.54, 1.807) is 19.1 Å². The minimum atomic E-state index is -0.0314. The van der Waals surface area contributed by atoms with Gasteiger partial charge in [-0.15, -0.1) is 0 Å². The molecule has 0 aliphatic rings. The Labute approximate surface area is 96.8 Å². The van der Waals surface area contributed by atoms with Crippen molar-refractivity contribution in [2.45, 2.75) is 13.8 Å².